The second-order valence-corrected chi connectivity index (χ2v) is 10.9. The molecule has 0 bridgehead atoms. The van der Waals surface area contributed by atoms with E-state index in [1.54, 1.807) is 23.9 Å². The van der Waals surface area contributed by atoms with Crippen molar-refractivity contribution < 1.29 is 14.6 Å². The molecule has 10 heteroatoms. The molecule has 6 rings (SSSR count). The first-order chi connectivity index (χ1) is 18.4. The zero-order valence-electron chi connectivity index (χ0n) is 21.9. The van der Waals surface area contributed by atoms with E-state index >= 15 is 0 Å². The second-order valence-electron chi connectivity index (χ2n) is 10.9. The van der Waals surface area contributed by atoms with Gasteiger partial charge < -0.3 is 15.2 Å². The van der Waals surface area contributed by atoms with Crippen molar-refractivity contribution >= 4 is 28.6 Å². The first-order valence-corrected chi connectivity index (χ1v) is 13.6. The number of β-amino-alcohol motifs (C(OH)–C–C–N with tert-alkyl or cyclic N) is 1. The van der Waals surface area contributed by atoms with Crippen LogP contribution in [-0.2, 0) is 4.74 Å². The summed E-state index contributed by atoms with van der Waals surface area (Å²) in [6.07, 6.45) is 7.81. The number of pyridine rings is 2. The van der Waals surface area contributed by atoms with Gasteiger partial charge in [-0.2, -0.15) is 4.98 Å². The van der Waals surface area contributed by atoms with E-state index in [9.17, 15) is 14.7 Å². The summed E-state index contributed by atoms with van der Waals surface area (Å²) in [5.41, 5.74) is 2.13. The summed E-state index contributed by atoms with van der Waals surface area (Å²) in [5.74, 6) is 0.735. The minimum absolute atomic E-state index is 0.0264. The lowest BCUT2D eigenvalue weighted by Crippen LogP contribution is -2.55. The van der Waals surface area contributed by atoms with Crippen LogP contribution in [0.25, 0.3) is 11.0 Å². The number of nitrogens with one attached hydrogen (secondary N) is 1. The van der Waals surface area contributed by atoms with Gasteiger partial charge in [-0.25, -0.2) is 9.97 Å². The molecule has 3 aliphatic rings. The van der Waals surface area contributed by atoms with Crippen molar-refractivity contribution in [2.24, 2.45) is 0 Å². The fourth-order valence-corrected chi connectivity index (χ4v) is 6.23. The van der Waals surface area contributed by atoms with E-state index in [1.807, 2.05) is 12.1 Å². The number of nitrogens with zero attached hydrogens (tertiary/aromatic N) is 5. The highest BCUT2D eigenvalue weighted by Gasteiger charge is 2.35. The molecule has 2 atom stereocenters. The fraction of sp³-hybridized carbons (Fsp3) is 0.536. The number of Topliss-reactive ketones (excluding diaryl/α,β-unsaturated/α-hetero) is 1. The highest BCUT2D eigenvalue weighted by molar-refractivity contribution is 5.99. The molecule has 0 aromatic carbocycles. The minimum Gasteiger partial charge on any atom is -0.391 e. The summed E-state index contributed by atoms with van der Waals surface area (Å²) in [6.45, 7) is 6.32. The lowest BCUT2D eigenvalue weighted by Gasteiger charge is -2.43. The Morgan fingerprint density at radius 3 is 2.53 bits per heavy atom. The largest absolute Gasteiger partial charge is 0.391 e. The lowest BCUT2D eigenvalue weighted by molar-refractivity contribution is -0.0888. The first kappa shape index (κ1) is 25.1. The average molecular weight is 519 g/mol. The number of piperidine rings is 1. The van der Waals surface area contributed by atoms with Gasteiger partial charge in [-0.05, 0) is 56.8 Å². The van der Waals surface area contributed by atoms with E-state index in [4.69, 9.17) is 9.72 Å². The zero-order valence-corrected chi connectivity index (χ0v) is 21.9. The first-order valence-electron chi connectivity index (χ1n) is 13.6. The number of ketones is 1. The SMILES string of the molecule is CC(=O)c1c(C)c2cnc(Nc3ccc(C4CCN(C5COC5)C[C@@H]4O)cn3)nc2n(C2CCCC2)c1=O. The number of anilines is 2. The molecule has 38 heavy (non-hydrogen) atoms. The summed E-state index contributed by atoms with van der Waals surface area (Å²) < 4.78 is 7.01. The van der Waals surface area contributed by atoms with Crippen molar-refractivity contribution in [3.63, 3.8) is 0 Å². The molecule has 1 saturated carbocycles. The van der Waals surface area contributed by atoms with E-state index in [1.165, 1.54) is 6.92 Å². The molecule has 2 N–H and O–H groups in total. The number of likely N-dealkylation sites (tertiary alicyclic amines) is 1. The van der Waals surface area contributed by atoms with Gasteiger partial charge in [-0.15, -0.1) is 0 Å². The molecule has 3 aromatic rings. The molecule has 10 nitrogen and oxygen atoms in total. The lowest BCUT2D eigenvalue weighted by atomic mass is 9.87. The van der Waals surface area contributed by atoms with Crippen LogP contribution >= 0.6 is 0 Å². The summed E-state index contributed by atoms with van der Waals surface area (Å²) >= 11 is 0. The minimum atomic E-state index is -0.441. The summed E-state index contributed by atoms with van der Waals surface area (Å²) in [6, 6.07) is 4.32. The van der Waals surface area contributed by atoms with Crippen LogP contribution in [0.5, 0.6) is 0 Å². The van der Waals surface area contributed by atoms with Crippen molar-refractivity contribution in [3.8, 4) is 0 Å². The zero-order chi connectivity index (χ0) is 26.4. The predicted molar refractivity (Wildman–Crippen MR) is 143 cm³/mol. The number of aliphatic hydroxyl groups is 1. The highest BCUT2D eigenvalue weighted by atomic mass is 16.5. The maximum Gasteiger partial charge on any atom is 0.263 e. The number of carbonyl (C=O) groups excluding carboxylic acids is 1. The van der Waals surface area contributed by atoms with E-state index in [-0.39, 0.29) is 28.9 Å². The van der Waals surface area contributed by atoms with Gasteiger partial charge in [-0.3, -0.25) is 19.1 Å². The molecule has 0 spiro atoms. The van der Waals surface area contributed by atoms with Crippen LogP contribution in [0.3, 0.4) is 0 Å². The summed E-state index contributed by atoms with van der Waals surface area (Å²) in [5, 5.41) is 14.7. The molecular formula is C28H34N6O4. The molecule has 2 aliphatic heterocycles. The molecule has 200 valence electrons. The Bertz CT molecular complexity index is 1410. The molecule has 2 saturated heterocycles. The average Bonchev–Trinajstić information content (AvgIpc) is 3.38. The third-order valence-corrected chi connectivity index (χ3v) is 8.46. The second kappa shape index (κ2) is 10.2. The van der Waals surface area contributed by atoms with Gasteiger partial charge in [0.05, 0.1) is 30.9 Å². The Hall–Kier alpha value is -3.21. The molecule has 0 radical (unpaired) electrons. The van der Waals surface area contributed by atoms with Crippen LogP contribution in [0.4, 0.5) is 11.8 Å². The smallest absolute Gasteiger partial charge is 0.263 e. The molecule has 3 fully saturated rings. The van der Waals surface area contributed by atoms with Gasteiger partial charge in [0.15, 0.2) is 5.78 Å². The molecule has 3 aromatic heterocycles. The number of hydrogen-bond donors (Lipinski definition) is 2. The number of aromatic nitrogens is 4. The van der Waals surface area contributed by atoms with E-state index < -0.39 is 6.10 Å². The quantitative estimate of drug-likeness (QED) is 0.474. The van der Waals surface area contributed by atoms with Crippen LogP contribution in [0.15, 0.2) is 29.3 Å². The number of ether oxygens (including phenoxy) is 1. The van der Waals surface area contributed by atoms with Crippen molar-refractivity contribution in [2.45, 2.75) is 70.1 Å². The van der Waals surface area contributed by atoms with Gasteiger partial charge in [-0.1, -0.05) is 18.9 Å². The van der Waals surface area contributed by atoms with E-state index in [2.05, 4.69) is 20.2 Å². The van der Waals surface area contributed by atoms with Gasteiger partial charge >= 0.3 is 0 Å². The predicted octanol–water partition coefficient (Wildman–Crippen LogP) is 3.11. The van der Waals surface area contributed by atoms with Gasteiger partial charge in [0.1, 0.15) is 11.5 Å². The monoisotopic (exact) mass is 518 g/mol. The number of hydrogen-bond acceptors (Lipinski definition) is 9. The third-order valence-electron chi connectivity index (χ3n) is 8.46. The molecule has 0 amide bonds. The maximum atomic E-state index is 13.4. The molecule has 1 aliphatic carbocycles. The van der Waals surface area contributed by atoms with Crippen molar-refractivity contribution in [1.29, 1.82) is 0 Å². The Labute approximate surface area is 221 Å². The van der Waals surface area contributed by atoms with Crippen molar-refractivity contribution in [1.82, 2.24) is 24.4 Å². The molecular weight excluding hydrogens is 484 g/mol. The highest BCUT2D eigenvalue weighted by Crippen LogP contribution is 2.33. The summed E-state index contributed by atoms with van der Waals surface area (Å²) in [4.78, 5) is 41.8. The Morgan fingerprint density at radius 2 is 1.89 bits per heavy atom. The van der Waals surface area contributed by atoms with Crippen LogP contribution in [0, 0.1) is 6.92 Å². The molecule has 1 unspecified atom stereocenters. The van der Waals surface area contributed by atoms with Crippen LogP contribution in [-0.4, -0.2) is 73.8 Å². The van der Waals surface area contributed by atoms with Crippen LogP contribution in [0.1, 0.15) is 72.5 Å². The summed E-state index contributed by atoms with van der Waals surface area (Å²) in [7, 11) is 0. The van der Waals surface area contributed by atoms with Crippen LogP contribution in [0.2, 0.25) is 0 Å². The number of rotatable bonds is 6. The fourth-order valence-electron chi connectivity index (χ4n) is 6.23. The van der Waals surface area contributed by atoms with Gasteiger partial charge in [0.25, 0.3) is 5.56 Å². The maximum absolute atomic E-state index is 13.4. The number of carbonyl (C=O) groups is 1. The number of fused-ring (bicyclic) bond motifs is 1. The Morgan fingerprint density at radius 1 is 1.11 bits per heavy atom. The topological polar surface area (TPSA) is 122 Å². The Balaban J connectivity index is 1.25. The van der Waals surface area contributed by atoms with Gasteiger partial charge in [0, 0.05) is 36.3 Å². The molecule has 5 heterocycles. The normalized spacial score (nSPS) is 23.0. The van der Waals surface area contributed by atoms with Crippen LogP contribution < -0.4 is 10.9 Å². The van der Waals surface area contributed by atoms with Gasteiger partial charge in [0.2, 0.25) is 5.95 Å². The van der Waals surface area contributed by atoms with E-state index in [0.29, 0.717) is 40.9 Å². The Kier molecular flexibility index (Phi) is 6.71. The third kappa shape index (κ3) is 4.50. The number of aryl methyl sites for hydroxylation is 1. The van der Waals surface area contributed by atoms with Crippen molar-refractivity contribution in [2.75, 3.05) is 31.6 Å². The van der Waals surface area contributed by atoms with Crippen molar-refractivity contribution in [3.05, 3.63) is 51.6 Å². The van der Waals surface area contributed by atoms with E-state index in [0.717, 1.165) is 57.4 Å². The standard InChI is InChI=1S/C28H34N6O4/c1-16-22-12-30-28(32-26(22)34(19-5-3-4-6-19)27(37)25(16)17(2)35)31-24-8-7-18(11-29-24)21-9-10-33(13-23(21)36)20-14-38-15-20/h7-8,11-12,19-21,23,36H,3-6,9-10,13-15H2,1-2H3,(H,29,30,31,32)/t21?,23-/m0/s1. The number of aliphatic hydroxyl groups excluding tert-OH is 1.